The molecule has 2 amide bonds. The first kappa shape index (κ1) is 15.0. The number of carbonyl (C=O) groups excluding carboxylic acids is 2. The molecule has 2 aliphatic heterocycles. The van der Waals surface area contributed by atoms with Gasteiger partial charge in [-0.05, 0) is 30.5 Å². The van der Waals surface area contributed by atoms with Gasteiger partial charge in [0.05, 0.1) is 5.41 Å². The minimum Gasteiger partial charge on any atom is -0.357 e. The second-order valence-electron chi connectivity index (χ2n) is 6.71. The highest BCUT2D eigenvalue weighted by molar-refractivity contribution is 5.93. The normalized spacial score (nSPS) is 22.6. The Morgan fingerprint density at radius 3 is 2.50 bits per heavy atom. The van der Waals surface area contributed by atoms with Crippen molar-refractivity contribution < 1.29 is 9.59 Å². The highest BCUT2D eigenvalue weighted by atomic mass is 16.2. The zero-order valence-corrected chi connectivity index (χ0v) is 13.5. The quantitative estimate of drug-likeness (QED) is 0.889. The third-order valence-electron chi connectivity index (χ3n) is 5.56. The van der Waals surface area contributed by atoms with Crippen LogP contribution < -0.4 is 5.32 Å². The zero-order chi connectivity index (χ0) is 16.6. The Labute approximate surface area is 141 Å². The van der Waals surface area contributed by atoms with Crippen molar-refractivity contribution in [2.45, 2.75) is 18.8 Å². The van der Waals surface area contributed by atoms with E-state index in [0.717, 1.165) is 0 Å². The molecular weight excluding hydrogens is 302 g/mol. The number of carbonyl (C=O) groups is 2. The van der Waals surface area contributed by atoms with E-state index in [4.69, 9.17) is 0 Å². The van der Waals surface area contributed by atoms with Gasteiger partial charge < -0.3 is 15.2 Å². The standard InChI is InChI=1S/C19H21N3O2/c23-17(16-7-4-10-20-16)22-11-8-19(9-12-22)15(13-21-18(19)24)14-5-2-1-3-6-14/h1-7,10,15,20H,8-9,11-13H2,(H,21,24)/t15-/m0/s1. The van der Waals surface area contributed by atoms with Gasteiger partial charge in [-0.25, -0.2) is 0 Å². The molecule has 2 aliphatic rings. The number of hydrogen-bond acceptors (Lipinski definition) is 2. The molecule has 0 aliphatic carbocycles. The molecule has 1 spiro atoms. The van der Waals surface area contributed by atoms with Crippen LogP contribution in [0.25, 0.3) is 0 Å². The Kier molecular flexibility index (Phi) is 3.63. The van der Waals surface area contributed by atoms with E-state index in [9.17, 15) is 9.59 Å². The van der Waals surface area contributed by atoms with Crippen LogP contribution in [0.5, 0.6) is 0 Å². The molecule has 124 valence electrons. The number of aromatic nitrogens is 1. The molecule has 1 aromatic heterocycles. The van der Waals surface area contributed by atoms with E-state index < -0.39 is 0 Å². The minimum atomic E-state index is -0.381. The van der Waals surface area contributed by atoms with E-state index in [1.165, 1.54) is 5.56 Å². The fourth-order valence-electron chi connectivity index (χ4n) is 4.16. The second-order valence-corrected chi connectivity index (χ2v) is 6.71. The maximum Gasteiger partial charge on any atom is 0.270 e. The van der Waals surface area contributed by atoms with Gasteiger partial charge in [0.1, 0.15) is 5.69 Å². The van der Waals surface area contributed by atoms with Gasteiger partial charge in [0.2, 0.25) is 5.91 Å². The van der Waals surface area contributed by atoms with Crippen LogP contribution in [0.3, 0.4) is 0 Å². The van der Waals surface area contributed by atoms with Gasteiger partial charge in [-0.1, -0.05) is 30.3 Å². The zero-order valence-electron chi connectivity index (χ0n) is 13.5. The lowest BCUT2D eigenvalue weighted by molar-refractivity contribution is -0.130. The van der Waals surface area contributed by atoms with E-state index in [2.05, 4.69) is 22.4 Å². The molecule has 24 heavy (non-hydrogen) atoms. The lowest BCUT2D eigenvalue weighted by Gasteiger charge is -2.40. The lowest BCUT2D eigenvalue weighted by Crippen LogP contribution is -2.48. The Balaban J connectivity index is 1.54. The average molecular weight is 323 g/mol. The van der Waals surface area contributed by atoms with Crippen molar-refractivity contribution in [2.75, 3.05) is 19.6 Å². The van der Waals surface area contributed by atoms with Gasteiger partial charge in [0.25, 0.3) is 5.91 Å². The second kappa shape index (κ2) is 5.82. The van der Waals surface area contributed by atoms with Crippen molar-refractivity contribution in [3.8, 4) is 0 Å². The van der Waals surface area contributed by atoms with Gasteiger partial charge in [-0.3, -0.25) is 9.59 Å². The van der Waals surface area contributed by atoms with Crippen molar-refractivity contribution in [1.29, 1.82) is 0 Å². The molecule has 3 heterocycles. The highest BCUT2D eigenvalue weighted by Crippen LogP contribution is 2.47. The Bertz CT molecular complexity index is 731. The maximum atomic E-state index is 12.6. The fraction of sp³-hybridized carbons (Fsp3) is 0.368. The first-order chi connectivity index (χ1) is 11.7. The van der Waals surface area contributed by atoms with Crippen LogP contribution in [0.2, 0.25) is 0 Å². The number of benzene rings is 1. The summed E-state index contributed by atoms with van der Waals surface area (Å²) in [6, 6.07) is 13.9. The summed E-state index contributed by atoms with van der Waals surface area (Å²) < 4.78 is 0. The van der Waals surface area contributed by atoms with Crippen LogP contribution in [0.4, 0.5) is 0 Å². The number of likely N-dealkylation sites (tertiary alicyclic amines) is 1. The number of nitrogens with one attached hydrogen (secondary N) is 2. The third-order valence-corrected chi connectivity index (χ3v) is 5.56. The predicted octanol–water partition coefficient (Wildman–Crippen LogP) is 2.15. The summed E-state index contributed by atoms with van der Waals surface area (Å²) in [4.78, 5) is 29.9. The first-order valence-electron chi connectivity index (χ1n) is 8.47. The number of nitrogens with zero attached hydrogens (tertiary/aromatic N) is 1. The van der Waals surface area contributed by atoms with Crippen molar-refractivity contribution in [1.82, 2.24) is 15.2 Å². The summed E-state index contributed by atoms with van der Waals surface area (Å²) in [7, 11) is 0. The minimum absolute atomic E-state index is 0.0181. The Morgan fingerprint density at radius 2 is 1.83 bits per heavy atom. The number of hydrogen-bond donors (Lipinski definition) is 2. The molecule has 1 atom stereocenters. The van der Waals surface area contributed by atoms with Gasteiger partial charge in [0, 0.05) is 31.7 Å². The molecule has 2 fully saturated rings. The smallest absolute Gasteiger partial charge is 0.270 e. The van der Waals surface area contributed by atoms with E-state index in [-0.39, 0.29) is 23.1 Å². The van der Waals surface area contributed by atoms with Crippen LogP contribution >= 0.6 is 0 Å². The number of piperidine rings is 1. The monoisotopic (exact) mass is 323 g/mol. The number of amides is 2. The van der Waals surface area contributed by atoms with Crippen molar-refractivity contribution in [3.05, 3.63) is 59.9 Å². The lowest BCUT2D eigenvalue weighted by atomic mass is 9.68. The Hall–Kier alpha value is -2.56. The van der Waals surface area contributed by atoms with Gasteiger partial charge >= 0.3 is 0 Å². The number of rotatable bonds is 2. The summed E-state index contributed by atoms with van der Waals surface area (Å²) in [6.45, 7) is 1.93. The fourth-order valence-corrected chi connectivity index (χ4v) is 4.16. The molecule has 0 unspecified atom stereocenters. The van der Waals surface area contributed by atoms with Crippen LogP contribution in [-0.2, 0) is 4.79 Å². The van der Waals surface area contributed by atoms with Crippen molar-refractivity contribution >= 4 is 11.8 Å². The van der Waals surface area contributed by atoms with Crippen LogP contribution in [0.1, 0.15) is 34.8 Å². The topological polar surface area (TPSA) is 65.2 Å². The van der Waals surface area contributed by atoms with Crippen molar-refractivity contribution in [3.63, 3.8) is 0 Å². The molecule has 4 rings (SSSR count). The maximum absolute atomic E-state index is 12.6. The molecule has 2 aromatic rings. The molecule has 0 saturated carbocycles. The molecule has 2 N–H and O–H groups in total. The average Bonchev–Trinajstić information content (AvgIpc) is 3.26. The SMILES string of the molecule is O=C(c1ccc[nH]1)N1CCC2(CC1)C(=O)NC[C@H]2c1ccccc1. The predicted molar refractivity (Wildman–Crippen MR) is 90.6 cm³/mol. The molecular formula is C19H21N3O2. The summed E-state index contributed by atoms with van der Waals surface area (Å²) in [5, 5.41) is 3.05. The van der Waals surface area contributed by atoms with Gasteiger partial charge in [-0.15, -0.1) is 0 Å². The molecule has 1 aromatic carbocycles. The summed E-state index contributed by atoms with van der Waals surface area (Å²) in [5.74, 6) is 0.349. The largest absolute Gasteiger partial charge is 0.357 e. The van der Waals surface area contributed by atoms with Crippen LogP contribution in [0, 0.1) is 5.41 Å². The summed E-state index contributed by atoms with van der Waals surface area (Å²) >= 11 is 0. The molecule has 0 bridgehead atoms. The van der Waals surface area contributed by atoms with E-state index >= 15 is 0 Å². The van der Waals surface area contributed by atoms with E-state index in [1.807, 2.05) is 29.2 Å². The first-order valence-corrected chi connectivity index (χ1v) is 8.47. The highest BCUT2D eigenvalue weighted by Gasteiger charge is 2.52. The van der Waals surface area contributed by atoms with Crippen molar-refractivity contribution in [2.24, 2.45) is 5.41 Å². The van der Waals surface area contributed by atoms with E-state index in [1.54, 1.807) is 12.3 Å². The summed E-state index contributed by atoms with van der Waals surface area (Å²) in [6.07, 6.45) is 3.18. The molecule has 5 heteroatoms. The molecule has 0 radical (unpaired) electrons. The number of aromatic amines is 1. The van der Waals surface area contributed by atoms with Crippen LogP contribution in [0.15, 0.2) is 48.7 Å². The molecule has 5 nitrogen and oxygen atoms in total. The van der Waals surface area contributed by atoms with Gasteiger partial charge in [0.15, 0.2) is 0 Å². The summed E-state index contributed by atoms with van der Waals surface area (Å²) in [5.41, 5.74) is 1.44. The van der Waals surface area contributed by atoms with E-state index in [0.29, 0.717) is 38.2 Å². The van der Waals surface area contributed by atoms with Gasteiger partial charge in [-0.2, -0.15) is 0 Å². The number of H-pyrrole nitrogens is 1. The third kappa shape index (κ3) is 2.31. The van der Waals surface area contributed by atoms with Crippen LogP contribution in [-0.4, -0.2) is 41.3 Å². The Morgan fingerprint density at radius 1 is 1.08 bits per heavy atom. The molecule has 2 saturated heterocycles.